The predicted octanol–water partition coefficient (Wildman–Crippen LogP) is 5.21. The van der Waals surface area contributed by atoms with Crippen molar-refractivity contribution in [3.63, 3.8) is 0 Å². The maximum absolute atomic E-state index is 12.3. The maximum Gasteiger partial charge on any atom is 0.229 e. The van der Waals surface area contributed by atoms with Gasteiger partial charge in [-0.25, -0.2) is 0 Å². The summed E-state index contributed by atoms with van der Waals surface area (Å²) in [4.78, 5) is 16.5. The van der Waals surface area contributed by atoms with Crippen LogP contribution in [0.5, 0.6) is 0 Å². The minimum atomic E-state index is 0.00671. The first kappa shape index (κ1) is 19.0. The number of rotatable bonds is 7. The van der Waals surface area contributed by atoms with Gasteiger partial charge in [0.25, 0.3) is 0 Å². The number of amides is 1. The van der Waals surface area contributed by atoms with E-state index in [0.29, 0.717) is 6.54 Å². The lowest BCUT2D eigenvalue weighted by Crippen LogP contribution is -2.33. The molecule has 134 valence electrons. The standard InChI is InChI=1S/C22H30N2O/c1-6-23(7-2)20-13-9-18(10-14-20)19-11-15-21(16-12-19)24(8-3)22(25)17(4)5/h9-17H,6-8H2,1-5H3. The number of benzene rings is 2. The van der Waals surface area contributed by atoms with Crippen LogP contribution in [0.4, 0.5) is 11.4 Å². The first-order valence-corrected chi connectivity index (χ1v) is 9.28. The summed E-state index contributed by atoms with van der Waals surface area (Å²) in [5, 5.41) is 0. The number of anilines is 2. The van der Waals surface area contributed by atoms with Crippen LogP contribution in [0.1, 0.15) is 34.6 Å². The zero-order chi connectivity index (χ0) is 18.4. The Bertz CT molecular complexity index is 670. The molecule has 0 fully saturated rings. The summed E-state index contributed by atoms with van der Waals surface area (Å²) >= 11 is 0. The van der Waals surface area contributed by atoms with Crippen LogP contribution >= 0.6 is 0 Å². The van der Waals surface area contributed by atoms with Gasteiger partial charge in [-0.15, -0.1) is 0 Å². The molecule has 0 aromatic heterocycles. The van der Waals surface area contributed by atoms with Gasteiger partial charge in [0.05, 0.1) is 0 Å². The van der Waals surface area contributed by atoms with E-state index in [1.807, 2.05) is 37.8 Å². The molecule has 0 bridgehead atoms. The molecule has 0 atom stereocenters. The van der Waals surface area contributed by atoms with E-state index in [4.69, 9.17) is 0 Å². The van der Waals surface area contributed by atoms with Gasteiger partial charge in [-0.2, -0.15) is 0 Å². The number of carbonyl (C=O) groups is 1. The van der Waals surface area contributed by atoms with Crippen molar-refractivity contribution in [2.75, 3.05) is 29.4 Å². The van der Waals surface area contributed by atoms with Gasteiger partial charge in [-0.05, 0) is 56.2 Å². The van der Waals surface area contributed by atoms with E-state index >= 15 is 0 Å². The van der Waals surface area contributed by atoms with E-state index in [1.54, 1.807) is 0 Å². The molecular formula is C22H30N2O. The Morgan fingerprint density at radius 3 is 1.56 bits per heavy atom. The normalized spacial score (nSPS) is 10.8. The van der Waals surface area contributed by atoms with Gasteiger partial charge in [0.15, 0.2) is 0 Å². The highest BCUT2D eigenvalue weighted by Crippen LogP contribution is 2.26. The summed E-state index contributed by atoms with van der Waals surface area (Å²) in [5.41, 5.74) is 4.58. The van der Waals surface area contributed by atoms with Crippen LogP contribution in [0.15, 0.2) is 48.5 Å². The maximum atomic E-state index is 12.3. The first-order valence-electron chi connectivity index (χ1n) is 9.28. The van der Waals surface area contributed by atoms with E-state index in [-0.39, 0.29) is 11.8 Å². The van der Waals surface area contributed by atoms with Crippen LogP contribution in [0.2, 0.25) is 0 Å². The molecule has 0 spiro atoms. The minimum Gasteiger partial charge on any atom is -0.372 e. The molecule has 2 aromatic carbocycles. The molecule has 0 aliphatic heterocycles. The minimum absolute atomic E-state index is 0.00671. The van der Waals surface area contributed by atoms with E-state index in [2.05, 4.69) is 55.1 Å². The second kappa shape index (κ2) is 8.70. The van der Waals surface area contributed by atoms with Gasteiger partial charge in [-0.3, -0.25) is 4.79 Å². The van der Waals surface area contributed by atoms with Gasteiger partial charge in [0, 0.05) is 36.9 Å². The fraction of sp³-hybridized carbons (Fsp3) is 0.409. The van der Waals surface area contributed by atoms with Crippen molar-refractivity contribution in [3.05, 3.63) is 48.5 Å². The number of hydrogen-bond acceptors (Lipinski definition) is 2. The summed E-state index contributed by atoms with van der Waals surface area (Å²) in [6.07, 6.45) is 0. The molecule has 0 aliphatic rings. The zero-order valence-electron chi connectivity index (χ0n) is 16.1. The Kier molecular flexibility index (Phi) is 6.63. The van der Waals surface area contributed by atoms with Crippen molar-refractivity contribution in [2.45, 2.75) is 34.6 Å². The molecule has 0 saturated carbocycles. The molecule has 1 amide bonds. The van der Waals surface area contributed by atoms with Crippen molar-refractivity contribution >= 4 is 17.3 Å². The average Bonchev–Trinajstić information content (AvgIpc) is 2.64. The third-order valence-corrected chi connectivity index (χ3v) is 4.58. The van der Waals surface area contributed by atoms with Crippen molar-refractivity contribution in [1.82, 2.24) is 0 Å². The van der Waals surface area contributed by atoms with Crippen molar-refractivity contribution in [3.8, 4) is 11.1 Å². The number of hydrogen-bond donors (Lipinski definition) is 0. The lowest BCUT2D eigenvalue weighted by molar-refractivity contribution is -0.121. The topological polar surface area (TPSA) is 23.6 Å². The van der Waals surface area contributed by atoms with Gasteiger partial charge < -0.3 is 9.80 Å². The molecule has 0 aliphatic carbocycles. The Labute approximate surface area is 152 Å². The van der Waals surface area contributed by atoms with E-state index < -0.39 is 0 Å². The lowest BCUT2D eigenvalue weighted by Gasteiger charge is -2.23. The van der Waals surface area contributed by atoms with Crippen LogP contribution in [0, 0.1) is 5.92 Å². The van der Waals surface area contributed by atoms with Crippen molar-refractivity contribution in [2.24, 2.45) is 5.92 Å². The van der Waals surface area contributed by atoms with Crippen LogP contribution in [-0.4, -0.2) is 25.5 Å². The van der Waals surface area contributed by atoms with Gasteiger partial charge in [0.2, 0.25) is 5.91 Å². The third kappa shape index (κ3) is 4.41. The van der Waals surface area contributed by atoms with E-state index in [0.717, 1.165) is 18.8 Å². The molecule has 0 saturated heterocycles. The highest BCUT2D eigenvalue weighted by atomic mass is 16.2. The lowest BCUT2D eigenvalue weighted by atomic mass is 10.0. The molecule has 3 heteroatoms. The molecule has 0 radical (unpaired) electrons. The molecule has 3 nitrogen and oxygen atoms in total. The summed E-state index contributed by atoms with van der Waals surface area (Å²) in [7, 11) is 0. The number of nitrogens with zero attached hydrogens (tertiary/aromatic N) is 2. The van der Waals surface area contributed by atoms with Gasteiger partial charge >= 0.3 is 0 Å². The van der Waals surface area contributed by atoms with Crippen LogP contribution in [0.25, 0.3) is 11.1 Å². The first-order chi connectivity index (χ1) is 12.0. The highest BCUT2D eigenvalue weighted by molar-refractivity contribution is 5.94. The third-order valence-electron chi connectivity index (χ3n) is 4.58. The monoisotopic (exact) mass is 338 g/mol. The van der Waals surface area contributed by atoms with Gasteiger partial charge in [0.1, 0.15) is 0 Å². The SMILES string of the molecule is CCN(CC)c1ccc(-c2ccc(N(CC)C(=O)C(C)C)cc2)cc1. The summed E-state index contributed by atoms with van der Waals surface area (Å²) in [6.45, 7) is 13.0. The summed E-state index contributed by atoms with van der Waals surface area (Å²) in [6, 6.07) is 17.0. The van der Waals surface area contributed by atoms with Crippen LogP contribution in [-0.2, 0) is 4.79 Å². The quantitative estimate of drug-likeness (QED) is 0.692. The van der Waals surface area contributed by atoms with E-state index in [9.17, 15) is 4.79 Å². The molecule has 0 N–H and O–H groups in total. The fourth-order valence-corrected chi connectivity index (χ4v) is 3.06. The van der Waals surface area contributed by atoms with Gasteiger partial charge in [-0.1, -0.05) is 38.1 Å². The van der Waals surface area contributed by atoms with Crippen molar-refractivity contribution < 1.29 is 4.79 Å². The largest absolute Gasteiger partial charge is 0.372 e. The van der Waals surface area contributed by atoms with Crippen LogP contribution < -0.4 is 9.80 Å². The Morgan fingerprint density at radius 2 is 1.20 bits per heavy atom. The molecule has 0 heterocycles. The second-order valence-electron chi connectivity index (χ2n) is 6.50. The van der Waals surface area contributed by atoms with Crippen molar-refractivity contribution in [1.29, 1.82) is 0 Å². The Balaban J connectivity index is 2.20. The average molecular weight is 338 g/mol. The highest BCUT2D eigenvalue weighted by Gasteiger charge is 2.17. The van der Waals surface area contributed by atoms with Crippen LogP contribution in [0.3, 0.4) is 0 Å². The summed E-state index contributed by atoms with van der Waals surface area (Å²) < 4.78 is 0. The second-order valence-corrected chi connectivity index (χ2v) is 6.50. The Morgan fingerprint density at radius 1 is 0.760 bits per heavy atom. The summed E-state index contributed by atoms with van der Waals surface area (Å²) in [5.74, 6) is 0.172. The molecule has 25 heavy (non-hydrogen) atoms. The molecule has 2 rings (SSSR count). The molecule has 0 unspecified atom stereocenters. The van der Waals surface area contributed by atoms with E-state index in [1.165, 1.54) is 16.8 Å². The fourth-order valence-electron chi connectivity index (χ4n) is 3.06. The molecule has 2 aromatic rings. The predicted molar refractivity (Wildman–Crippen MR) is 108 cm³/mol. The smallest absolute Gasteiger partial charge is 0.229 e. The number of carbonyl (C=O) groups excluding carboxylic acids is 1. The molecular weight excluding hydrogens is 308 g/mol. The Hall–Kier alpha value is -2.29. The zero-order valence-corrected chi connectivity index (χ0v) is 16.1.